The Kier molecular flexibility index (Phi) is 4.49. The van der Waals surface area contributed by atoms with Crippen LogP contribution in [0.5, 0.6) is 0 Å². The van der Waals surface area contributed by atoms with E-state index in [0.717, 1.165) is 0 Å². The lowest BCUT2D eigenvalue weighted by atomic mass is 9.26. The molecule has 0 aliphatic heterocycles. The normalized spacial score (nSPS) is 15.7. The van der Waals surface area contributed by atoms with E-state index in [0.29, 0.717) is 0 Å². The van der Waals surface area contributed by atoms with Crippen molar-refractivity contribution in [1.29, 1.82) is 0 Å². The first-order valence-corrected chi connectivity index (χ1v) is 4.74. The zero-order chi connectivity index (χ0) is 13.4. The maximum Gasteiger partial charge on any atom is 0.291 e. The van der Waals surface area contributed by atoms with Crippen molar-refractivity contribution < 1.29 is 9.90 Å². The summed E-state index contributed by atoms with van der Waals surface area (Å²) in [4.78, 5) is 10.8. The second kappa shape index (κ2) is 4.56. The molecule has 0 aromatic rings. The molecule has 0 amide bonds. The van der Waals surface area contributed by atoms with E-state index in [1.54, 1.807) is 0 Å². The monoisotopic (exact) mass is 209 g/mol. The van der Waals surface area contributed by atoms with Crippen LogP contribution in [0.3, 0.4) is 0 Å². The highest BCUT2D eigenvalue weighted by atomic mass is 16.4. The quantitative estimate of drug-likeness (QED) is 0.574. The van der Waals surface area contributed by atoms with Gasteiger partial charge in [0, 0.05) is 5.54 Å². The molecule has 1 atom stereocenters. The number of carbonyl (C=O) groups is 1. The largest absolute Gasteiger partial charge is 0.482 e. The van der Waals surface area contributed by atoms with Gasteiger partial charge in [0.2, 0.25) is 0 Å². The van der Waals surface area contributed by atoms with Gasteiger partial charge >= 0.3 is 0 Å². The molecule has 0 fully saturated rings. The molecule has 0 aromatic carbocycles. The van der Waals surface area contributed by atoms with Crippen LogP contribution in [0.25, 0.3) is 0 Å². The van der Waals surface area contributed by atoms with Gasteiger partial charge in [-0.2, -0.15) is 0 Å². The highest BCUT2D eigenvalue weighted by molar-refractivity contribution is 6.62. The van der Waals surface area contributed by atoms with E-state index in [-0.39, 0.29) is 0 Å². The van der Waals surface area contributed by atoms with Crippen LogP contribution in [0, 0.1) is 0 Å². The van der Waals surface area contributed by atoms with Crippen LogP contribution in [0.2, 0.25) is 10.4 Å². The van der Waals surface area contributed by atoms with Crippen LogP contribution in [0.15, 0.2) is 0 Å². The van der Waals surface area contributed by atoms with E-state index in [1.807, 2.05) is 20.8 Å². The summed E-state index contributed by atoms with van der Waals surface area (Å²) in [7, 11) is 27.6. The lowest BCUT2D eigenvalue weighted by Crippen LogP contribution is -2.56. The van der Waals surface area contributed by atoms with Crippen LogP contribution in [-0.2, 0) is 4.79 Å². The smallest absolute Gasteiger partial charge is 0.291 e. The Morgan fingerprint density at radius 2 is 1.56 bits per heavy atom. The molecule has 0 aliphatic rings. The summed E-state index contributed by atoms with van der Waals surface area (Å²) in [6.45, 7) is 5.45. The molecule has 0 spiro atoms. The summed E-state index contributed by atoms with van der Waals surface area (Å²) in [6, 6.07) is 0. The number of hydrogen-bond acceptors (Lipinski definition) is 2. The summed E-state index contributed by atoms with van der Waals surface area (Å²) in [6.07, 6.45) is 0. The maximum atomic E-state index is 10.8. The number of aliphatic carboxylic acids is 1. The van der Waals surface area contributed by atoms with Gasteiger partial charge in [-0.1, -0.05) is 5.21 Å². The average molecular weight is 208 g/mol. The summed E-state index contributed by atoms with van der Waals surface area (Å²) >= 11 is 0. The second-order valence-electron chi connectivity index (χ2n) is 4.98. The molecule has 0 aromatic heterocycles. The maximum absolute atomic E-state index is 10.8. The van der Waals surface area contributed by atoms with Crippen molar-refractivity contribution in [3.63, 3.8) is 0 Å². The van der Waals surface area contributed by atoms with E-state index >= 15 is 0 Å². The molecule has 0 bridgehead atoms. The van der Waals surface area contributed by atoms with Crippen molar-refractivity contribution in [2.45, 2.75) is 42.7 Å². The van der Waals surface area contributed by atoms with Gasteiger partial charge in [-0.05, 0) is 31.9 Å². The number of rotatable bonds is 4. The molecule has 1 unspecified atom stereocenters. The van der Waals surface area contributed by atoms with Crippen LogP contribution in [-0.4, -0.2) is 61.8 Å². The molecule has 8 heteroatoms. The Bertz CT molecular complexity index is 274. The van der Waals surface area contributed by atoms with Crippen molar-refractivity contribution >= 4 is 45.2 Å². The van der Waals surface area contributed by atoms with E-state index in [9.17, 15) is 4.79 Å². The molecular formula is C8H12B5NO2. The molecule has 10 radical (unpaired) electrons. The standard InChI is InChI=1S/C8H12B5NO2/c1-6(2,3)14-4(9)7(10,11)8(12,13)5(15)16/h4,14H,1-3H3,(H,15,16). The molecule has 0 saturated heterocycles. The Morgan fingerprint density at radius 3 is 1.81 bits per heavy atom. The van der Waals surface area contributed by atoms with Gasteiger partial charge in [0.15, 0.2) is 0 Å². The topological polar surface area (TPSA) is 49.3 Å². The molecule has 76 valence electrons. The number of carboxylic acids is 1. The minimum atomic E-state index is -2.33. The lowest BCUT2D eigenvalue weighted by Gasteiger charge is -2.48. The lowest BCUT2D eigenvalue weighted by molar-refractivity contribution is -0.138. The van der Waals surface area contributed by atoms with E-state index in [2.05, 4.69) is 5.32 Å². The zero-order valence-electron chi connectivity index (χ0n) is 9.82. The third kappa shape index (κ3) is 3.37. The van der Waals surface area contributed by atoms with Crippen molar-refractivity contribution in [3.8, 4) is 0 Å². The second-order valence-corrected chi connectivity index (χ2v) is 4.98. The van der Waals surface area contributed by atoms with Crippen molar-refractivity contribution in [3.05, 3.63) is 0 Å². The fourth-order valence-electron chi connectivity index (χ4n) is 1.03. The molecule has 0 aliphatic carbocycles. The van der Waals surface area contributed by atoms with Gasteiger partial charge in [-0.25, -0.2) is 0 Å². The molecule has 0 rings (SSSR count). The fourth-order valence-corrected chi connectivity index (χ4v) is 1.03. The zero-order valence-corrected chi connectivity index (χ0v) is 9.82. The fraction of sp³-hybridized carbons (Fsp3) is 0.875. The number of nitrogens with one attached hydrogen (secondary N) is 1. The van der Waals surface area contributed by atoms with Gasteiger partial charge in [0.25, 0.3) is 5.97 Å². The van der Waals surface area contributed by atoms with Crippen LogP contribution in [0.1, 0.15) is 20.8 Å². The number of carboxylic acid groups (broad SMARTS) is 1. The van der Waals surface area contributed by atoms with Gasteiger partial charge in [0.1, 0.15) is 0 Å². The predicted octanol–water partition coefficient (Wildman–Crippen LogP) is -1.14. The minimum absolute atomic E-state index is 0.405. The summed E-state index contributed by atoms with van der Waals surface area (Å²) in [5.74, 6) is -2.60. The Hall–Kier alpha value is -0.245. The summed E-state index contributed by atoms with van der Waals surface area (Å²) in [5, 5.41) is 7.33. The van der Waals surface area contributed by atoms with Crippen LogP contribution < -0.4 is 5.32 Å². The van der Waals surface area contributed by atoms with Crippen molar-refractivity contribution in [2.24, 2.45) is 0 Å². The predicted molar refractivity (Wildman–Crippen MR) is 68.5 cm³/mol. The van der Waals surface area contributed by atoms with E-state index in [1.165, 1.54) is 0 Å². The first kappa shape index (κ1) is 15.8. The Labute approximate surface area is 104 Å². The molecule has 0 heterocycles. The molecule has 2 N–H and O–H groups in total. The van der Waals surface area contributed by atoms with Gasteiger partial charge in [0.05, 0.1) is 39.2 Å². The van der Waals surface area contributed by atoms with Gasteiger partial charge in [-0.3, -0.25) is 4.79 Å². The summed E-state index contributed by atoms with van der Waals surface area (Å²) in [5.41, 5.74) is -0.405. The SMILES string of the molecule is [B]C(NC(C)(C)C)C([B])([B])C([B])([B])C(=O)O. The van der Waals surface area contributed by atoms with Crippen LogP contribution >= 0.6 is 0 Å². The average Bonchev–Trinajstić information content (AvgIpc) is 1.99. The van der Waals surface area contributed by atoms with Crippen LogP contribution in [0.4, 0.5) is 0 Å². The molecule has 0 saturated carbocycles. The molecule has 3 nitrogen and oxygen atoms in total. The molecule has 16 heavy (non-hydrogen) atoms. The van der Waals surface area contributed by atoms with Crippen molar-refractivity contribution in [2.75, 3.05) is 0 Å². The minimum Gasteiger partial charge on any atom is -0.482 e. The van der Waals surface area contributed by atoms with E-state index in [4.69, 9.17) is 44.3 Å². The van der Waals surface area contributed by atoms with Crippen molar-refractivity contribution in [1.82, 2.24) is 5.32 Å². The third-order valence-corrected chi connectivity index (χ3v) is 2.17. The Balaban J connectivity index is 4.99. The highest BCUT2D eigenvalue weighted by Gasteiger charge is 2.44. The third-order valence-electron chi connectivity index (χ3n) is 2.17. The van der Waals surface area contributed by atoms with Gasteiger partial charge in [-0.15, -0.1) is 0 Å². The molecular weight excluding hydrogens is 196 g/mol. The first-order valence-electron chi connectivity index (χ1n) is 4.74. The Morgan fingerprint density at radius 1 is 1.19 bits per heavy atom. The van der Waals surface area contributed by atoms with Gasteiger partial charge < -0.3 is 10.4 Å². The summed E-state index contributed by atoms with van der Waals surface area (Å²) < 4.78 is 0. The highest BCUT2D eigenvalue weighted by Crippen LogP contribution is 2.44. The van der Waals surface area contributed by atoms with E-state index < -0.39 is 27.9 Å². The number of hydrogen-bond donors (Lipinski definition) is 2. The first-order chi connectivity index (χ1) is 6.82.